The maximum atomic E-state index is 4.33. The highest BCUT2D eigenvalue weighted by Crippen LogP contribution is 2.36. The summed E-state index contributed by atoms with van der Waals surface area (Å²) in [7, 11) is 4.24. The first kappa shape index (κ1) is 19.9. The van der Waals surface area contributed by atoms with Crippen LogP contribution >= 0.6 is 0 Å². The van der Waals surface area contributed by atoms with Gasteiger partial charge in [-0.3, -0.25) is 5.10 Å². The number of hydrogen-bond donors (Lipinski definition) is 2. The van der Waals surface area contributed by atoms with Crippen molar-refractivity contribution in [1.29, 1.82) is 0 Å². The third-order valence-corrected chi connectivity index (χ3v) is 6.08. The van der Waals surface area contributed by atoms with E-state index in [0.717, 1.165) is 38.2 Å². The summed E-state index contributed by atoms with van der Waals surface area (Å²) in [5.41, 5.74) is 6.76. The summed E-state index contributed by atoms with van der Waals surface area (Å²) in [5.74, 6) is 0.586. The first-order valence-corrected chi connectivity index (χ1v) is 10.7. The van der Waals surface area contributed by atoms with Crippen molar-refractivity contribution in [2.45, 2.75) is 32.2 Å². The second-order valence-corrected chi connectivity index (χ2v) is 8.55. The molecule has 0 saturated carbocycles. The van der Waals surface area contributed by atoms with Crippen LogP contribution in [0.1, 0.15) is 35.4 Å². The SMILES string of the molecule is Cc1cccc(N2CCC(c3c(CNCCN(C)C)ccc4[nH]ncc34)CC2)c1. The molecule has 0 amide bonds. The highest BCUT2D eigenvalue weighted by Gasteiger charge is 2.25. The van der Waals surface area contributed by atoms with Crippen molar-refractivity contribution < 1.29 is 0 Å². The van der Waals surface area contributed by atoms with Crippen molar-refractivity contribution in [2.24, 2.45) is 0 Å². The number of rotatable bonds is 7. The Balaban J connectivity index is 1.50. The van der Waals surface area contributed by atoms with Gasteiger partial charge in [0.2, 0.25) is 0 Å². The molecule has 1 aromatic heterocycles. The molecule has 0 unspecified atom stereocenters. The van der Waals surface area contributed by atoms with Crippen LogP contribution in [-0.2, 0) is 6.54 Å². The second kappa shape index (κ2) is 8.97. The number of nitrogens with zero attached hydrogens (tertiary/aromatic N) is 3. The molecular formula is C24H33N5. The van der Waals surface area contributed by atoms with Gasteiger partial charge in [-0.05, 0) is 74.7 Å². The number of aromatic nitrogens is 2. The summed E-state index contributed by atoms with van der Waals surface area (Å²) in [5, 5.41) is 12.4. The summed E-state index contributed by atoms with van der Waals surface area (Å²) < 4.78 is 0. The lowest BCUT2D eigenvalue weighted by molar-refractivity contribution is 0.399. The largest absolute Gasteiger partial charge is 0.371 e. The molecule has 5 nitrogen and oxygen atoms in total. The molecule has 4 rings (SSSR count). The van der Waals surface area contributed by atoms with E-state index in [4.69, 9.17) is 0 Å². The maximum absolute atomic E-state index is 4.33. The number of nitrogens with one attached hydrogen (secondary N) is 2. The van der Waals surface area contributed by atoms with Gasteiger partial charge in [-0.1, -0.05) is 18.2 Å². The number of likely N-dealkylation sites (N-methyl/N-ethyl adjacent to an activating group) is 1. The van der Waals surface area contributed by atoms with Gasteiger partial charge >= 0.3 is 0 Å². The van der Waals surface area contributed by atoms with Gasteiger partial charge in [0.25, 0.3) is 0 Å². The molecule has 2 heterocycles. The van der Waals surface area contributed by atoms with Crippen molar-refractivity contribution in [3.8, 4) is 0 Å². The molecule has 0 aliphatic carbocycles. The molecule has 0 radical (unpaired) electrons. The highest BCUT2D eigenvalue weighted by atomic mass is 15.1. The van der Waals surface area contributed by atoms with Crippen LogP contribution < -0.4 is 10.2 Å². The van der Waals surface area contributed by atoms with Crippen LogP contribution in [0, 0.1) is 6.92 Å². The Labute approximate surface area is 174 Å². The zero-order valence-corrected chi connectivity index (χ0v) is 17.9. The lowest BCUT2D eigenvalue weighted by atomic mass is 9.84. The zero-order valence-electron chi connectivity index (χ0n) is 17.9. The fourth-order valence-corrected chi connectivity index (χ4v) is 4.50. The van der Waals surface area contributed by atoms with E-state index in [9.17, 15) is 0 Å². The summed E-state index contributed by atoms with van der Waals surface area (Å²) in [6, 6.07) is 13.3. The van der Waals surface area contributed by atoms with Gasteiger partial charge in [-0.25, -0.2) is 0 Å². The van der Waals surface area contributed by atoms with Crippen molar-refractivity contribution in [2.75, 3.05) is 45.2 Å². The molecule has 0 atom stereocenters. The molecule has 1 aliphatic rings. The van der Waals surface area contributed by atoms with E-state index in [1.54, 1.807) is 0 Å². The van der Waals surface area contributed by atoms with E-state index < -0.39 is 0 Å². The number of benzene rings is 2. The Morgan fingerprint density at radius 1 is 1.17 bits per heavy atom. The lowest BCUT2D eigenvalue weighted by Gasteiger charge is -2.35. The zero-order chi connectivity index (χ0) is 20.2. The minimum absolute atomic E-state index is 0.586. The molecule has 5 heteroatoms. The smallest absolute Gasteiger partial charge is 0.0653 e. The standard InChI is InChI=1S/C24H33N5/c1-18-5-4-6-21(15-18)29-12-9-19(10-13-29)24-20(16-25-11-14-28(2)3)7-8-23-22(24)17-26-27-23/h4-8,15,17,19,25H,9-14,16H2,1-3H3,(H,26,27). The molecule has 1 fully saturated rings. The Bertz CT molecular complexity index is 937. The van der Waals surface area contributed by atoms with Crippen LogP contribution in [0.2, 0.25) is 0 Å². The van der Waals surface area contributed by atoms with E-state index in [0.29, 0.717) is 5.92 Å². The number of piperidine rings is 1. The minimum atomic E-state index is 0.586. The molecule has 0 bridgehead atoms. The van der Waals surface area contributed by atoms with Crippen molar-refractivity contribution >= 4 is 16.6 Å². The third kappa shape index (κ3) is 4.62. The van der Waals surface area contributed by atoms with Crippen molar-refractivity contribution in [1.82, 2.24) is 20.4 Å². The average Bonchev–Trinajstić information content (AvgIpc) is 3.20. The van der Waals surface area contributed by atoms with Crippen LogP contribution in [0.4, 0.5) is 5.69 Å². The van der Waals surface area contributed by atoms with E-state index in [2.05, 4.69) is 82.7 Å². The Morgan fingerprint density at radius 3 is 2.76 bits per heavy atom. The predicted octanol–water partition coefficient (Wildman–Crippen LogP) is 3.91. The summed E-state index contributed by atoms with van der Waals surface area (Å²) >= 11 is 0. The van der Waals surface area contributed by atoms with Crippen molar-refractivity contribution in [3.05, 3.63) is 59.3 Å². The van der Waals surface area contributed by atoms with Crippen LogP contribution in [0.15, 0.2) is 42.6 Å². The molecule has 1 saturated heterocycles. The Morgan fingerprint density at radius 2 is 2.00 bits per heavy atom. The quantitative estimate of drug-likeness (QED) is 0.600. The first-order chi connectivity index (χ1) is 14.1. The number of aromatic amines is 1. The fourth-order valence-electron chi connectivity index (χ4n) is 4.50. The first-order valence-electron chi connectivity index (χ1n) is 10.7. The number of aryl methyl sites for hydroxylation is 1. The maximum Gasteiger partial charge on any atom is 0.0653 e. The van der Waals surface area contributed by atoms with Gasteiger partial charge in [0.15, 0.2) is 0 Å². The molecule has 2 aromatic carbocycles. The molecule has 2 N–H and O–H groups in total. The third-order valence-electron chi connectivity index (χ3n) is 6.08. The van der Waals surface area contributed by atoms with E-state index in [-0.39, 0.29) is 0 Å². The summed E-state index contributed by atoms with van der Waals surface area (Å²) in [4.78, 5) is 4.75. The van der Waals surface area contributed by atoms with Crippen molar-refractivity contribution in [3.63, 3.8) is 0 Å². The van der Waals surface area contributed by atoms with Gasteiger partial charge in [-0.2, -0.15) is 5.10 Å². The molecule has 154 valence electrons. The number of hydrogen-bond acceptors (Lipinski definition) is 4. The van der Waals surface area contributed by atoms with Gasteiger partial charge in [0.1, 0.15) is 0 Å². The second-order valence-electron chi connectivity index (χ2n) is 8.55. The molecule has 3 aromatic rings. The number of H-pyrrole nitrogens is 1. The van der Waals surface area contributed by atoms with E-state index in [1.807, 2.05) is 6.20 Å². The van der Waals surface area contributed by atoms with Gasteiger partial charge in [0, 0.05) is 43.8 Å². The predicted molar refractivity (Wildman–Crippen MR) is 122 cm³/mol. The normalized spacial score (nSPS) is 15.5. The average molecular weight is 392 g/mol. The molecule has 29 heavy (non-hydrogen) atoms. The monoisotopic (exact) mass is 391 g/mol. The Kier molecular flexibility index (Phi) is 6.16. The van der Waals surface area contributed by atoms with Gasteiger partial charge in [-0.15, -0.1) is 0 Å². The molecular weight excluding hydrogens is 358 g/mol. The summed E-state index contributed by atoms with van der Waals surface area (Å²) in [6.45, 7) is 7.36. The fraction of sp³-hybridized carbons (Fsp3) is 0.458. The molecule has 1 aliphatic heterocycles. The van der Waals surface area contributed by atoms with Gasteiger partial charge in [0.05, 0.1) is 11.7 Å². The Hall–Kier alpha value is -2.37. The van der Waals surface area contributed by atoms with Gasteiger partial charge < -0.3 is 15.1 Å². The van der Waals surface area contributed by atoms with E-state index >= 15 is 0 Å². The van der Waals surface area contributed by atoms with Crippen LogP contribution in [0.3, 0.4) is 0 Å². The lowest BCUT2D eigenvalue weighted by Crippen LogP contribution is -2.33. The van der Waals surface area contributed by atoms with Crippen LogP contribution in [-0.4, -0.2) is 55.4 Å². The topological polar surface area (TPSA) is 47.2 Å². The minimum Gasteiger partial charge on any atom is -0.371 e. The summed E-state index contributed by atoms with van der Waals surface area (Å²) in [6.07, 6.45) is 4.38. The number of anilines is 1. The number of fused-ring (bicyclic) bond motifs is 1. The van der Waals surface area contributed by atoms with Crippen LogP contribution in [0.5, 0.6) is 0 Å². The molecule has 0 spiro atoms. The van der Waals surface area contributed by atoms with Crippen LogP contribution in [0.25, 0.3) is 10.9 Å². The highest BCUT2D eigenvalue weighted by molar-refractivity contribution is 5.83. The van der Waals surface area contributed by atoms with E-state index in [1.165, 1.54) is 40.6 Å².